The van der Waals surface area contributed by atoms with Crippen molar-refractivity contribution in [3.63, 3.8) is 0 Å². The van der Waals surface area contributed by atoms with Crippen LogP contribution in [0.2, 0.25) is 0 Å². The first-order chi connectivity index (χ1) is 9.65. The highest BCUT2D eigenvalue weighted by Gasteiger charge is 2.18. The number of nitrogens with one attached hydrogen (secondary N) is 1. The third-order valence-corrected chi connectivity index (χ3v) is 3.04. The lowest BCUT2D eigenvalue weighted by atomic mass is 10.1. The van der Waals surface area contributed by atoms with E-state index in [0.29, 0.717) is 23.3 Å². The molecular weight excluding hydrogens is 261 g/mol. The quantitative estimate of drug-likeness (QED) is 0.797. The Morgan fingerprint density at radius 1 is 1.50 bits per heavy atom. The molecule has 1 N–H and O–H groups in total. The molecule has 0 spiro atoms. The van der Waals surface area contributed by atoms with E-state index in [2.05, 4.69) is 9.97 Å². The van der Waals surface area contributed by atoms with Crippen molar-refractivity contribution in [3.05, 3.63) is 54.0 Å². The maximum absolute atomic E-state index is 13.5. The van der Waals surface area contributed by atoms with E-state index in [1.54, 1.807) is 25.4 Å². The number of furan rings is 1. The highest BCUT2D eigenvalue weighted by atomic mass is 19.1. The van der Waals surface area contributed by atoms with Gasteiger partial charge in [0.1, 0.15) is 17.1 Å². The van der Waals surface area contributed by atoms with Gasteiger partial charge in [-0.25, -0.2) is 9.37 Å². The number of H-pyrrole nitrogens is 1. The lowest BCUT2D eigenvalue weighted by molar-refractivity contribution is 0.0777. The van der Waals surface area contributed by atoms with Crippen molar-refractivity contribution in [2.75, 3.05) is 7.05 Å². The molecule has 2 heterocycles. The van der Waals surface area contributed by atoms with Gasteiger partial charge in [-0.05, 0) is 24.3 Å². The van der Waals surface area contributed by atoms with Gasteiger partial charge in [0.05, 0.1) is 30.2 Å². The van der Waals surface area contributed by atoms with Crippen LogP contribution in [0.5, 0.6) is 0 Å². The van der Waals surface area contributed by atoms with Crippen molar-refractivity contribution in [2.24, 2.45) is 0 Å². The van der Waals surface area contributed by atoms with E-state index < -0.39 is 5.82 Å². The third-order valence-electron chi connectivity index (χ3n) is 3.04. The van der Waals surface area contributed by atoms with Crippen LogP contribution in [0.15, 0.2) is 41.3 Å². The summed E-state index contributed by atoms with van der Waals surface area (Å²) in [5, 5.41) is 0. The number of amides is 1. The Hall–Kier alpha value is -2.63. The minimum absolute atomic E-state index is 0.232. The summed E-state index contributed by atoms with van der Waals surface area (Å²) in [7, 11) is 1.63. The van der Waals surface area contributed by atoms with Crippen molar-refractivity contribution in [1.82, 2.24) is 14.9 Å². The molecule has 0 bridgehead atoms. The van der Waals surface area contributed by atoms with Gasteiger partial charge < -0.3 is 14.3 Å². The number of aromatic nitrogens is 2. The van der Waals surface area contributed by atoms with E-state index in [9.17, 15) is 9.18 Å². The number of hydrogen-bond donors (Lipinski definition) is 1. The molecule has 1 amide bonds. The van der Waals surface area contributed by atoms with Gasteiger partial charge in [-0.1, -0.05) is 0 Å². The number of imidazole rings is 1. The monoisotopic (exact) mass is 273 g/mol. The number of nitrogens with zero attached hydrogens (tertiary/aromatic N) is 2. The number of benzene rings is 1. The standard InChI is InChI=1S/C14H12FN3O2/c1-18(7-10-3-2-4-20-10)14(19)11-5-9(15)6-12-13(11)17-8-16-12/h2-6,8H,7H2,1H3,(H,16,17). The van der Waals surface area contributed by atoms with Gasteiger partial charge in [-0.3, -0.25) is 4.79 Å². The predicted molar refractivity (Wildman–Crippen MR) is 70.6 cm³/mol. The Morgan fingerprint density at radius 2 is 2.35 bits per heavy atom. The molecule has 2 aromatic heterocycles. The Morgan fingerprint density at radius 3 is 3.10 bits per heavy atom. The van der Waals surface area contributed by atoms with Gasteiger partial charge in [0.2, 0.25) is 0 Å². The number of carbonyl (C=O) groups is 1. The molecule has 0 aliphatic heterocycles. The highest BCUT2D eigenvalue weighted by Crippen LogP contribution is 2.19. The van der Waals surface area contributed by atoms with Gasteiger partial charge in [0.25, 0.3) is 5.91 Å². The maximum Gasteiger partial charge on any atom is 0.256 e. The molecule has 0 fully saturated rings. The minimum Gasteiger partial charge on any atom is -0.467 e. The Kier molecular flexibility index (Phi) is 2.98. The summed E-state index contributed by atoms with van der Waals surface area (Å²) in [6, 6.07) is 6.04. The normalized spacial score (nSPS) is 10.9. The van der Waals surface area contributed by atoms with Crippen molar-refractivity contribution < 1.29 is 13.6 Å². The lowest BCUT2D eigenvalue weighted by Crippen LogP contribution is -2.26. The van der Waals surface area contributed by atoms with Crippen molar-refractivity contribution in [2.45, 2.75) is 6.54 Å². The Balaban J connectivity index is 1.93. The SMILES string of the molecule is CN(Cc1ccco1)C(=O)c1cc(F)cc2[nH]cnc12. The average Bonchev–Trinajstić information content (AvgIpc) is 3.07. The van der Waals surface area contributed by atoms with Crippen molar-refractivity contribution in [1.29, 1.82) is 0 Å². The average molecular weight is 273 g/mol. The van der Waals surface area contributed by atoms with E-state index in [-0.39, 0.29) is 11.5 Å². The van der Waals surface area contributed by atoms with Crippen LogP contribution in [0.4, 0.5) is 4.39 Å². The molecule has 0 aliphatic rings. The van der Waals surface area contributed by atoms with Gasteiger partial charge in [0.15, 0.2) is 0 Å². The van der Waals surface area contributed by atoms with Gasteiger partial charge in [0, 0.05) is 7.05 Å². The second-order valence-corrected chi connectivity index (χ2v) is 4.49. The van der Waals surface area contributed by atoms with E-state index in [1.807, 2.05) is 0 Å². The second-order valence-electron chi connectivity index (χ2n) is 4.49. The molecule has 20 heavy (non-hydrogen) atoms. The molecule has 102 valence electrons. The Bertz CT molecular complexity index is 749. The van der Waals surface area contributed by atoms with Crippen LogP contribution < -0.4 is 0 Å². The van der Waals surface area contributed by atoms with Crippen LogP contribution >= 0.6 is 0 Å². The maximum atomic E-state index is 13.5. The molecule has 5 nitrogen and oxygen atoms in total. The molecule has 3 rings (SSSR count). The number of carbonyl (C=O) groups excluding carboxylic acids is 1. The molecule has 0 saturated heterocycles. The molecule has 0 radical (unpaired) electrons. The molecular formula is C14H12FN3O2. The fourth-order valence-electron chi connectivity index (χ4n) is 2.09. The van der Waals surface area contributed by atoms with Crippen molar-refractivity contribution >= 4 is 16.9 Å². The largest absolute Gasteiger partial charge is 0.467 e. The van der Waals surface area contributed by atoms with Crippen LogP contribution in [0.3, 0.4) is 0 Å². The first-order valence-corrected chi connectivity index (χ1v) is 6.05. The van der Waals surface area contributed by atoms with E-state index in [4.69, 9.17) is 4.42 Å². The van der Waals surface area contributed by atoms with Gasteiger partial charge in [-0.2, -0.15) is 0 Å². The first kappa shape index (κ1) is 12.4. The fourth-order valence-corrected chi connectivity index (χ4v) is 2.09. The van der Waals surface area contributed by atoms with Crippen LogP contribution in [-0.4, -0.2) is 27.8 Å². The summed E-state index contributed by atoms with van der Waals surface area (Å²) in [6.07, 6.45) is 2.98. The predicted octanol–water partition coefficient (Wildman–Crippen LogP) is 2.57. The van der Waals surface area contributed by atoms with Crippen LogP contribution in [0.1, 0.15) is 16.1 Å². The minimum atomic E-state index is -0.475. The molecule has 6 heteroatoms. The number of fused-ring (bicyclic) bond motifs is 1. The smallest absolute Gasteiger partial charge is 0.256 e. The zero-order valence-corrected chi connectivity index (χ0v) is 10.8. The number of aromatic amines is 1. The van der Waals surface area contributed by atoms with Crippen LogP contribution in [0, 0.1) is 5.82 Å². The van der Waals surface area contributed by atoms with Crippen LogP contribution in [-0.2, 0) is 6.54 Å². The molecule has 0 unspecified atom stereocenters. The third kappa shape index (κ3) is 2.16. The first-order valence-electron chi connectivity index (χ1n) is 6.05. The number of halogens is 1. The zero-order valence-electron chi connectivity index (χ0n) is 10.8. The summed E-state index contributed by atoms with van der Waals surface area (Å²) < 4.78 is 18.7. The molecule has 0 saturated carbocycles. The second kappa shape index (κ2) is 4.80. The topological polar surface area (TPSA) is 62.1 Å². The zero-order chi connectivity index (χ0) is 14.1. The molecule has 1 aromatic carbocycles. The molecule has 3 aromatic rings. The number of hydrogen-bond acceptors (Lipinski definition) is 3. The Labute approximate surface area is 114 Å². The summed E-state index contributed by atoms with van der Waals surface area (Å²) in [5.41, 5.74) is 1.19. The molecule has 0 aliphatic carbocycles. The van der Waals surface area contributed by atoms with Gasteiger partial charge >= 0.3 is 0 Å². The number of rotatable bonds is 3. The van der Waals surface area contributed by atoms with E-state index in [0.717, 1.165) is 0 Å². The lowest BCUT2D eigenvalue weighted by Gasteiger charge is -2.16. The fraction of sp³-hybridized carbons (Fsp3) is 0.143. The van der Waals surface area contributed by atoms with E-state index in [1.165, 1.54) is 23.4 Å². The summed E-state index contributed by atoms with van der Waals surface area (Å²) in [6.45, 7) is 0.314. The van der Waals surface area contributed by atoms with Crippen molar-refractivity contribution in [3.8, 4) is 0 Å². The summed E-state index contributed by atoms with van der Waals surface area (Å²) in [4.78, 5) is 20.7. The highest BCUT2D eigenvalue weighted by molar-refractivity contribution is 6.04. The molecule has 0 atom stereocenters. The van der Waals surface area contributed by atoms with E-state index >= 15 is 0 Å². The van der Waals surface area contributed by atoms with Crippen LogP contribution in [0.25, 0.3) is 11.0 Å². The summed E-state index contributed by atoms with van der Waals surface area (Å²) in [5.74, 6) is -0.120. The summed E-state index contributed by atoms with van der Waals surface area (Å²) >= 11 is 0. The van der Waals surface area contributed by atoms with Gasteiger partial charge in [-0.15, -0.1) is 0 Å².